The van der Waals surface area contributed by atoms with Gasteiger partial charge in [-0.3, -0.25) is 9.48 Å². The molecule has 0 atom stereocenters. The first-order chi connectivity index (χ1) is 9.60. The maximum absolute atomic E-state index is 12.5. The van der Waals surface area contributed by atoms with Crippen LogP contribution in [-0.4, -0.2) is 46.8 Å². The lowest BCUT2D eigenvalue weighted by atomic mass is 9.71. The summed E-state index contributed by atoms with van der Waals surface area (Å²) >= 11 is 0. The molecule has 1 amide bonds. The third-order valence-corrected chi connectivity index (χ3v) is 5.11. The van der Waals surface area contributed by atoms with E-state index in [1.165, 1.54) is 12.8 Å². The van der Waals surface area contributed by atoms with E-state index < -0.39 is 0 Å². The topological polar surface area (TPSA) is 50.2 Å². The average molecular weight is 313 g/mol. The summed E-state index contributed by atoms with van der Waals surface area (Å²) in [6, 6.07) is 1.89. The fraction of sp³-hybridized carbons (Fsp3) is 0.733. The van der Waals surface area contributed by atoms with E-state index in [0.717, 1.165) is 44.7 Å². The third kappa shape index (κ3) is 3.24. The lowest BCUT2D eigenvalue weighted by Crippen LogP contribution is -2.47. The highest BCUT2D eigenvalue weighted by Gasteiger charge is 2.37. The van der Waals surface area contributed by atoms with Crippen molar-refractivity contribution in [1.82, 2.24) is 20.0 Å². The summed E-state index contributed by atoms with van der Waals surface area (Å²) in [4.78, 5) is 14.5. The van der Waals surface area contributed by atoms with E-state index in [1.807, 2.05) is 24.9 Å². The van der Waals surface area contributed by atoms with Crippen molar-refractivity contribution in [3.63, 3.8) is 0 Å². The molecule has 0 aliphatic carbocycles. The number of carbonyl (C=O) groups excluding carboxylic acids is 1. The first kappa shape index (κ1) is 16.3. The van der Waals surface area contributed by atoms with E-state index in [-0.39, 0.29) is 18.3 Å². The number of rotatable bonds is 1. The van der Waals surface area contributed by atoms with Gasteiger partial charge in [0.1, 0.15) is 0 Å². The van der Waals surface area contributed by atoms with Crippen LogP contribution < -0.4 is 5.32 Å². The number of amides is 1. The lowest BCUT2D eigenvalue weighted by Gasteiger charge is -2.44. The van der Waals surface area contributed by atoms with Gasteiger partial charge in [-0.05, 0) is 57.2 Å². The molecule has 2 fully saturated rings. The van der Waals surface area contributed by atoms with Gasteiger partial charge in [0.15, 0.2) is 5.69 Å². The molecule has 1 aromatic rings. The molecule has 1 N–H and O–H groups in total. The standard InChI is InChI=1S/C15H24N4O.ClH/c1-12-11-13(17-18(12)2)14(20)19-9-5-15(6-10-19)3-7-16-8-4-15;/h11,16H,3-10H2,1-2H3;1H. The molecule has 0 aromatic carbocycles. The van der Waals surface area contributed by atoms with E-state index in [9.17, 15) is 4.79 Å². The number of piperidine rings is 2. The van der Waals surface area contributed by atoms with Crippen LogP contribution in [0.3, 0.4) is 0 Å². The largest absolute Gasteiger partial charge is 0.337 e. The van der Waals surface area contributed by atoms with Crippen LogP contribution in [0.4, 0.5) is 0 Å². The average Bonchev–Trinajstić information content (AvgIpc) is 2.80. The molecular weight excluding hydrogens is 288 g/mol. The molecule has 2 saturated heterocycles. The van der Waals surface area contributed by atoms with Crippen LogP contribution in [0.5, 0.6) is 0 Å². The van der Waals surface area contributed by atoms with Gasteiger partial charge in [-0.1, -0.05) is 0 Å². The molecule has 3 heterocycles. The number of hydrogen-bond acceptors (Lipinski definition) is 3. The molecule has 0 bridgehead atoms. The summed E-state index contributed by atoms with van der Waals surface area (Å²) in [5.74, 6) is 0.0949. The van der Waals surface area contributed by atoms with E-state index in [0.29, 0.717) is 11.1 Å². The minimum absolute atomic E-state index is 0. The lowest BCUT2D eigenvalue weighted by molar-refractivity contribution is 0.0490. The summed E-state index contributed by atoms with van der Waals surface area (Å²) in [5, 5.41) is 7.74. The smallest absolute Gasteiger partial charge is 0.274 e. The second-order valence-corrected chi connectivity index (χ2v) is 6.34. The van der Waals surface area contributed by atoms with Crippen LogP contribution in [0.15, 0.2) is 6.07 Å². The first-order valence-corrected chi connectivity index (χ1v) is 7.60. The molecule has 2 aliphatic rings. The first-order valence-electron chi connectivity index (χ1n) is 7.60. The minimum Gasteiger partial charge on any atom is -0.337 e. The number of likely N-dealkylation sites (tertiary alicyclic amines) is 1. The van der Waals surface area contributed by atoms with Gasteiger partial charge in [0.2, 0.25) is 0 Å². The van der Waals surface area contributed by atoms with Crippen molar-refractivity contribution in [2.75, 3.05) is 26.2 Å². The van der Waals surface area contributed by atoms with Crippen LogP contribution in [-0.2, 0) is 7.05 Å². The Bertz CT molecular complexity index is 478. The van der Waals surface area contributed by atoms with Crippen molar-refractivity contribution in [2.45, 2.75) is 32.6 Å². The summed E-state index contributed by atoms with van der Waals surface area (Å²) in [5.41, 5.74) is 2.11. The zero-order valence-electron chi connectivity index (χ0n) is 12.9. The summed E-state index contributed by atoms with van der Waals surface area (Å²) in [6.45, 7) is 6.01. The molecular formula is C15H25ClN4O. The van der Waals surface area contributed by atoms with E-state index >= 15 is 0 Å². The molecule has 21 heavy (non-hydrogen) atoms. The molecule has 0 unspecified atom stereocenters. The Balaban J connectivity index is 0.00000161. The molecule has 6 heteroatoms. The zero-order chi connectivity index (χ0) is 14.2. The molecule has 0 radical (unpaired) electrons. The van der Waals surface area contributed by atoms with Gasteiger partial charge in [0.25, 0.3) is 5.91 Å². The van der Waals surface area contributed by atoms with Crippen LogP contribution >= 0.6 is 12.4 Å². The Hall–Kier alpha value is -1.07. The predicted octanol–water partition coefficient (Wildman–Crippen LogP) is 1.76. The fourth-order valence-corrected chi connectivity index (χ4v) is 3.47. The van der Waals surface area contributed by atoms with Crippen LogP contribution in [0.2, 0.25) is 0 Å². The Morgan fingerprint density at radius 2 is 1.86 bits per heavy atom. The van der Waals surface area contributed by atoms with E-state index in [4.69, 9.17) is 0 Å². The van der Waals surface area contributed by atoms with Crippen LogP contribution in [0.25, 0.3) is 0 Å². The molecule has 1 spiro atoms. The number of nitrogens with one attached hydrogen (secondary N) is 1. The molecule has 5 nitrogen and oxygen atoms in total. The highest BCUT2D eigenvalue weighted by atomic mass is 35.5. The second-order valence-electron chi connectivity index (χ2n) is 6.34. The van der Waals surface area contributed by atoms with Gasteiger partial charge in [-0.15, -0.1) is 12.4 Å². The predicted molar refractivity (Wildman–Crippen MR) is 84.9 cm³/mol. The number of nitrogens with zero attached hydrogens (tertiary/aromatic N) is 3. The van der Waals surface area contributed by atoms with Crippen LogP contribution in [0.1, 0.15) is 41.9 Å². The van der Waals surface area contributed by atoms with Gasteiger partial charge < -0.3 is 10.2 Å². The molecule has 0 saturated carbocycles. The van der Waals surface area contributed by atoms with Crippen molar-refractivity contribution in [3.05, 3.63) is 17.5 Å². The van der Waals surface area contributed by atoms with Gasteiger partial charge in [-0.2, -0.15) is 5.10 Å². The number of aryl methyl sites for hydroxylation is 2. The van der Waals surface area contributed by atoms with Gasteiger partial charge in [0, 0.05) is 25.8 Å². The van der Waals surface area contributed by atoms with Crippen molar-refractivity contribution in [1.29, 1.82) is 0 Å². The normalized spacial score (nSPS) is 21.1. The zero-order valence-corrected chi connectivity index (χ0v) is 13.7. The minimum atomic E-state index is 0. The maximum Gasteiger partial charge on any atom is 0.274 e. The van der Waals surface area contributed by atoms with Gasteiger partial charge in [0.05, 0.1) is 0 Å². The Labute approximate surface area is 132 Å². The summed E-state index contributed by atoms with van der Waals surface area (Å²) in [6.07, 6.45) is 4.81. The van der Waals surface area contributed by atoms with Gasteiger partial charge in [-0.25, -0.2) is 0 Å². The summed E-state index contributed by atoms with van der Waals surface area (Å²) < 4.78 is 1.77. The number of carbonyl (C=O) groups is 1. The van der Waals surface area contributed by atoms with E-state index in [1.54, 1.807) is 4.68 Å². The molecule has 3 rings (SSSR count). The highest BCUT2D eigenvalue weighted by molar-refractivity contribution is 5.92. The quantitative estimate of drug-likeness (QED) is 0.859. The van der Waals surface area contributed by atoms with Gasteiger partial charge >= 0.3 is 0 Å². The highest BCUT2D eigenvalue weighted by Crippen LogP contribution is 2.39. The maximum atomic E-state index is 12.5. The monoisotopic (exact) mass is 312 g/mol. The molecule has 118 valence electrons. The van der Waals surface area contributed by atoms with Crippen LogP contribution in [0, 0.1) is 12.3 Å². The fourth-order valence-electron chi connectivity index (χ4n) is 3.47. The number of aromatic nitrogens is 2. The van der Waals surface area contributed by atoms with Crippen molar-refractivity contribution in [2.24, 2.45) is 12.5 Å². The van der Waals surface area contributed by atoms with Crippen molar-refractivity contribution in [3.8, 4) is 0 Å². The second kappa shape index (κ2) is 6.36. The third-order valence-electron chi connectivity index (χ3n) is 5.11. The number of hydrogen-bond donors (Lipinski definition) is 1. The summed E-state index contributed by atoms with van der Waals surface area (Å²) in [7, 11) is 1.88. The Kier molecular flexibility index (Phi) is 4.94. The molecule has 2 aliphatic heterocycles. The van der Waals surface area contributed by atoms with E-state index in [2.05, 4.69) is 10.4 Å². The van der Waals surface area contributed by atoms with Crippen molar-refractivity contribution >= 4 is 18.3 Å². The molecule has 1 aromatic heterocycles. The SMILES string of the molecule is Cc1cc(C(=O)N2CCC3(CCNCC3)CC2)nn1C.Cl. The number of halogens is 1. The Morgan fingerprint density at radius 1 is 1.24 bits per heavy atom. The Morgan fingerprint density at radius 3 is 2.38 bits per heavy atom. The van der Waals surface area contributed by atoms with Crippen molar-refractivity contribution < 1.29 is 4.79 Å².